The number of aliphatic hydroxyl groups excluding tert-OH is 1. The van der Waals surface area contributed by atoms with Crippen molar-refractivity contribution >= 4 is 11.7 Å². The van der Waals surface area contributed by atoms with E-state index in [2.05, 4.69) is 24.1 Å². The van der Waals surface area contributed by atoms with E-state index in [1.807, 2.05) is 6.92 Å². The molecule has 112 valence electrons. The molecule has 1 rings (SSSR count). The van der Waals surface area contributed by atoms with Crippen LogP contribution in [0.5, 0.6) is 0 Å². The molecule has 0 aromatic carbocycles. The summed E-state index contributed by atoms with van der Waals surface area (Å²) < 4.78 is 0. The highest BCUT2D eigenvalue weighted by Gasteiger charge is 2.22. The second-order valence-electron chi connectivity index (χ2n) is 4.65. The van der Waals surface area contributed by atoms with Crippen molar-refractivity contribution in [3.8, 4) is 0 Å². The highest BCUT2D eigenvalue weighted by molar-refractivity contribution is 5.95. The quantitative estimate of drug-likeness (QED) is 0.765. The number of aliphatic hydroxyl groups is 1. The van der Waals surface area contributed by atoms with Crippen molar-refractivity contribution in [1.29, 1.82) is 0 Å². The van der Waals surface area contributed by atoms with Gasteiger partial charge in [-0.15, -0.1) is 0 Å². The van der Waals surface area contributed by atoms with Crippen molar-refractivity contribution in [1.82, 2.24) is 9.88 Å². The minimum Gasteiger partial charge on any atom is -0.395 e. The number of hydrogen-bond acceptors (Lipinski definition) is 4. The van der Waals surface area contributed by atoms with Gasteiger partial charge in [0, 0.05) is 30.9 Å². The largest absolute Gasteiger partial charge is 0.395 e. The predicted octanol–water partition coefficient (Wildman–Crippen LogP) is 2.14. The number of amides is 1. The van der Waals surface area contributed by atoms with Crippen LogP contribution in [0, 0.1) is 0 Å². The Hall–Kier alpha value is -1.62. The maximum atomic E-state index is 12.6. The molecule has 5 heteroatoms. The third kappa shape index (κ3) is 4.20. The van der Waals surface area contributed by atoms with Crippen molar-refractivity contribution in [3.05, 3.63) is 23.9 Å². The summed E-state index contributed by atoms with van der Waals surface area (Å²) in [5.74, 6) is 0.654. The molecule has 0 aliphatic carbocycles. The van der Waals surface area contributed by atoms with Gasteiger partial charge in [0.1, 0.15) is 5.82 Å². The number of rotatable bonds is 8. The molecule has 1 aromatic rings. The first kappa shape index (κ1) is 16.4. The smallest absolute Gasteiger partial charge is 0.254 e. The fourth-order valence-corrected chi connectivity index (χ4v) is 2.29. The van der Waals surface area contributed by atoms with E-state index in [-0.39, 0.29) is 18.6 Å². The lowest BCUT2D eigenvalue weighted by Crippen LogP contribution is -2.41. The van der Waals surface area contributed by atoms with Crippen LogP contribution < -0.4 is 5.32 Å². The van der Waals surface area contributed by atoms with Crippen LogP contribution in [0.25, 0.3) is 0 Å². The molecule has 1 amide bonds. The molecule has 5 nitrogen and oxygen atoms in total. The van der Waals surface area contributed by atoms with E-state index in [4.69, 9.17) is 0 Å². The monoisotopic (exact) mass is 279 g/mol. The molecule has 0 saturated heterocycles. The summed E-state index contributed by atoms with van der Waals surface area (Å²) in [7, 11) is 0. The van der Waals surface area contributed by atoms with Gasteiger partial charge in [-0.25, -0.2) is 4.98 Å². The lowest BCUT2D eigenvalue weighted by Gasteiger charge is -2.30. The third-order valence-electron chi connectivity index (χ3n) is 3.35. The Morgan fingerprint density at radius 3 is 2.65 bits per heavy atom. The Morgan fingerprint density at radius 2 is 2.10 bits per heavy atom. The number of aromatic nitrogens is 1. The van der Waals surface area contributed by atoms with Crippen molar-refractivity contribution < 1.29 is 9.90 Å². The summed E-state index contributed by atoms with van der Waals surface area (Å²) in [6.45, 7) is 7.21. The van der Waals surface area contributed by atoms with Gasteiger partial charge in [-0.3, -0.25) is 4.79 Å². The summed E-state index contributed by atoms with van der Waals surface area (Å²) in [6.07, 6.45) is 3.40. The molecule has 0 unspecified atom stereocenters. The van der Waals surface area contributed by atoms with E-state index in [1.165, 1.54) is 0 Å². The summed E-state index contributed by atoms with van der Waals surface area (Å²) in [5.41, 5.74) is 0.608. The lowest BCUT2D eigenvalue weighted by atomic mass is 10.1. The van der Waals surface area contributed by atoms with E-state index in [0.717, 1.165) is 19.4 Å². The number of carbonyl (C=O) groups excluding carboxylic acids is 1. The average molecular weight is 279 g/mol. The van der Waals surface area contributed by atoms with Gasteiger partial charge < -0.3 is 15.3 Å². The van der Waals surface area contributed by atoms with E-state index in [0.29, 0.717) is 17.9 Å². The normalized spacial score (nSPS) is 10.7. The number of nitrogens with zero attached hydrogens (tertiary/aromatic N) is 2. The maximum absolute atomic E-state index is 12.6. The molecule has 0 aliphatic rings. The van der Waals surface area contributed by atoms with Crippen LogP contribution in [0.4, 0.5) is 5.82 Å². The molecule has 0 fully saturated rings. The maximum Gasteiger partial charge on any atom is 0.254 e. The van der Waals surface area contributed by atoms with Crippen molar-refractivity contribution in [2.24, 2.45) is 0 Å². The molecular weight excluding hydrogens is 254 g/mol. The van der Waals surface area contributed by atoms with Gasteiger partial charge in [-0.2, -0.15) is 0 Å². The van der Waals surface area contributed by atoms with Crippen LogP contribution in [0.1, 0.15) is 44.0 Å². The molecule has 0 atom stereocenters. The summed E-state index contributed by atoms with van der Waals surface area (Å²) in [5, 5.41) is 12.3. The fourth-order valence-electron chi connectivity index (χ4n) is 2.29. The van der Waals surface area contributed by atoms with E-state index >= 15 is 0 Å². The average Bonchev–Trinajstić information content (AvgIpc) is 2.47. The molecule has 0 radical (unpaired) electrons. The zero-order valence-electron chi connectivity index (χ0n) is 12.6. The van der Waals surface area contributed by atoms with Crippen LogP contribution in [0.3, 0.4) is 0 Å². The first-order valence-electron chi connectivity index (χ1n) is 7.29. The summed E-state index contributed by atoms with van der Waals surface area (Å²) in [6, 6.07) is 3.64. The molecule has 20 heavy (non-hydrogen) atoms. The van der Waals surface area contributed by atoms with Gasteiger partial charge >= 0.3 is 0 Å². The second kappa shape index (κ2) is 8.53. The predicted molar refractivity (Wildman–Crippen MR) is 80.9 cm³/mol. The minimum absolute atomic E-state index is 0.0204. The molecule has 0 bridgehead atoms. The van der Waals surface area contributed by atoms with Gasteiger partial charge in [-0.05, 0) is 31.9 Å². The van der Waals surface area contributed by atoms with Crippen molar-refractivity contribution in [2.75, 3.05) is 25.0 Å². The van der Waals surface area contributed by atoms with E-state index < -0.39 is 0 Å². The number of carbonyl (C=O) groups is 1. The topological polar surface area (TPSA) is 65.5 Å². The fraction of sp³-hybridized carbons (Fsp3) is 0.600. The summed E-state index contributed by atoms with van der Waals surface area (Å²) in [4.78, 5) is 18.5. The van der Waals surface area contributed by atoms with Crippen LogP contribution in [0.15, 0.2) is 18.3 Å². The molecule has 1 heterocycles. The van der Waals surface area contributed by atoms with Gasteiger partial charge in [0.25, 0.3) is 5.91 Å². The Labute approximate surface area is 121 Å². The molecule has 2 N–H and O–H groups in total. The molecule has 0 spiro atoms. The van der Waals surface area contributed by atoms with Gasteiger partial charge in [0.05, 0.1) is 6.61 Å². The van der Waals surface area contributed by atoms with E-state index in [9.17, 15) is 9.90 Å². The molecular formula is C15H25N3O2. The Morgan fingerprint density at radius 1 is 1.40 bits per heavy atom. The standard InChI is InChI=1S/C15H25N3O2/c1-4-13(5-2)18(9-10-19)15(20)12-7-8-17-14(11-12)16-6-3/h7-8,11,13,19H,4-6,9-10H2,1-3H3,(H,16,17). The Balaban J connectivity index is 2.96. The minimum atomic E-state index is -0.0469. The molecule has 1 aromatic heterocycles. The van der Waals surface area contributed by atoms with E-state index in [1.54, 1.807) is 23.2 Å². The number of anilines is 1. The highest BCUT2D eigenvalue weighted by Crippen LogP contribution is 2.15. The first-order chi connectivity index (χ1) is 9.67. The van der Waals surface area contributed by atoms with Crippen molar-refractivity contribution in [3.63, 3.8) is 0 Å². The SMILES string of the molecule is CCNc1cc(C(=O)N(CCO)C(CC)CC)ccn1. The zero-order valence-corrected chi connectivity index (χ0v) is 12.6. The van der Waals surface area contributed by atoms with Crippen LogP contribution >= 0.6 is 0 Å². The Bertz CT molecular complexity index is 419. The Kier molecular flexibility index (Phi) is 7.01. The van der Waals surface area contributed by atoms with Crippen molar-refractivity contribution in [2.45, 2.75) is 39.7 Å². The number of nitrogens with one attached hydrogen (secondary N) is 1. The second-order valence-corrected chi connectivity index (χ2v) is 4.65. The van der Waals surface area contributed by atoms with Gasteiger partial charge in [-0.1, -0.05) is 13.8 Å². The first-order valence-corrected chi connectivity index (χ1v) is 7.29. The van der Waals surface area contributed by atoms with Crippen LogP contribution in [-0.4, -0.2) is 46.6 Å². The van der Waals surface area contributed by atoms with Crippen LogP contribution in [-0.2, 0) is 0 Å². The number of pyridine rings is 1. The van der Waals surface area contributed by atoms with Gasteiger partial charge in [0.15, 0.2) is 0 Å². The zero-order chi connectivity index (χ0) is 15.0. The van der Waals surface area contributed by atoms with Crippen LogP contribution in [0.2, 0.25) is 0 Å². The lowest BCUT2D eigenvalue weighted by molar-refractivity contribution is 0.0622. The highest BCUT2D eigenvalue weighted by atomic mass is 16.3. The molecule has 0 saturated carbocycles. The summed E-state index contributed by atoms with van der Waals surface area (Å²) >= 11 is 0. The number of hydrogen-bond donors (Lipinski definition) is 2. The third-order valence-corrected chi connectivity index (χ3v) is 3.35. The van der Waals surface area contributed by atoms with Gasteiger partial charge in [0.2, 0.25) is 0 Å². The molecule has 0 aliphatic heterocycles.